The maximum atomic E-state index is 13.9. The lowest BCUT2D eigenvalue weighted by molar-refractivity contribution is -0.141. The molecule has 0 saturated carbocycles. The minimum atomic E-state index is -3.63. The molecule has 7 nitrogen and oxygen atoms in total. The highest BCUT2D eigenvalue weighted by atomic mass is 35.5. The molecule has 2 amide bonds. The minimum absolute atomic E-state index is 0.00966. The molecule has 226 valence electrons. The number of hydrogen-bond donors (Lipinski definition) is 1. The van der Waals surface area contributed by atoms with Gasteiger partial charge in [0.2, 0.25) is 21.8 Å². The van der Waals surface area contributed by atoms with Gasteiger partial charge in [0.25, 0.3) is 0 Å². The first-order valence-corrected chi connectivity index (χ1v) is 16.7. The second-order valence-corrected chi connectivity index (χ2v) is 13.3. The summed E-state index contributed by atoms with van der Waals surface area (Å²) in [5.74, 6) is -0.612. The highest BCUT2D eigenvalue weighted by Gasteiger charge is 2.32. The van der Waals surface area contributed by atoms with Crippen molar-refractivity contribution in [3.63, 3.8) is 0 Å². The second kappa shape index (κ2) is 15.6. The molecule has 0 aliphatic heterocycles. The van der Waals surface area contributed by atoms with Crippen LogP contribution >= 0.6 is 34.8 Å². The van der Waals surface area contributed by atoms with Crippen LogP contribution in [0, 0.1) is 0 Å². The van der Waals surface area contributed by atoms with Crippen molar-refractivity contribution < 1.29 is 18.0 Å². The van der Waals surface area contributed by atoms with Gasteiger partial charge < -0.3 is 10.2 Å². The quantitative estimate of drug-likeness (QED) is 0.209. The zero-order valence-corrected chi connectivity index (χ0v) is 27.0. The van der Waals surface area contributed by atoms with Gasteiger partial charge in [-0.1, -0.05) is 78.1 Å². The molecule has 1 N–H and O–H groups in total. The molecule has 0 bridgehead atoms. The van der Waals surface area contributed by atoms with E-state index in [2.05, 4.69) is 5.32 Å². The Labute approximate surface area is 263 Å². The van der Waals surface area contributed by atoms with Crippen LogP contribution in [0.2, 0.25) is 15.1 Å². The van der Waals surface area contributed by atoms with E-state index in [0.717, 1.165) is 18.2 Å². The van der Waals surface area contributed by atoms with Crippen LogP contribution in [0.25, 0.3) is 0 Å². The first-order chi connectivity index (χ1) is 19.9. The fraction of sp³-hybridized carbons (Fsp3) is 0.355. The highest BCUT2D eigenvalue weighted by Crippen LogP contribution is 2.28. The average Bonchev–Trinajstić information content (AvgIpc) is 2.94. The third-order valence-corrected chi connectivity index (χ3v) is 9.08. The zero-order valence-electron chi connectivity index (χ0n) is 23.9. The van der Waals surface area contributed by atoms with Crippen molar-refractivity contribution in [2.24, 2.45) is 0 Å². The van der Waals surface area contributed by atoms with Gasteiger partial charge in [0, 0.05) is 52.6 Å². The van der Waals surface area contributed by atoms with E-state index < -0.39 is 16.1 Å². The number of benzene rings is 3. The van der Waals surface area contributed by atoms with Crippen LogP contribution < -0.4 is 9.62 Å². The standard InChI is InChI=1S/C31H36Cl3N3O4S/c1-4-22(2)35-31(39)29(20-23-10-6-5-7-11-23)36(21-26-27(33)12-8-13-28(26)34)30(38)14-9-19-37(42(3,40)41)25-17-15-24(32)16-18-25/h5-8,10-13,15-18,22,29H,4,9,14,19-21H2,1-3H3,(H,35,39)/t22-,29+/m0/s1. The number of nitrogens with one attached hydrogen (secondary N) is 1. The van der Waals surface area contributed by atoms with Crippen LogP contribution in [0.15, 0.2) is 72.8 Å². The Balaban J connectivity index is 1.93. The topological polar surface area (TPSA) is 86.8 Å². The lowest BCUT2D eigenvalue weighted by Crippen LogP contribution is -2.52. The number of carbonyl (C=O) groups excluding carboxylic acids is 2. The van der Waals surface area contributed by atoms with Gasteiger partial charge in [-0.15, -0.1) is 0 Å². The van der Waals surface area contributed by atoms with E-state index >= 15 is 0 Å². The number of anilines is 1. The molecule has 11 heteroatoms. The number of amides is 2. The van der Waals surface area contributed by atoms with Gasteiger partial charge in [-0.25, -0.2) is 8.42 Å². The molecule has 0 aromatic heterocycles. The van der Waals surface area contributed by atoms with E-state index in [-0.39, 0.29) is 50.2 Å². The fourth-order valence-electron chi connectivity index (χ4n) is 4.46. The molecule has 0 saturated heterocycles. The summed E-state index contributed by atoms with van der Waals surface area (Å²) in [6, 6.07) is 20.1. The first-order valence-electron chi connectivity index (χ1n) is 13.7. The summed E-state index contributed by atoms with van der Waals surface area (Å²) in [6.45, 7) is 3.95. The summed E-state index contributed by atoms with van der Waals surface area (Å²) in [5.41, 5.74) is 1.86. The number of hydrogen-bond acceptors (Lipinski definition) is 4. The van der Waals surface area contributed by atoms with Gasteiger partial charge in [0.15, 0.2) is 0 Å². The molecule has 42 heavy (non-hydrogen) atoms. The Bertz CT molecular complexity index is 1430. The molecule has 0 radical (unpaired) electrons. The van der Waals surface area contributed by atoms with Gasteiger partial charge in [-0.2, -0.15) is 0 Å². The maximum Gasteiger partial charge on any atom is 0.243 e. The second-order valence-electron chi connectivity index (χ2n) is 10.2. The van der Waals surface area contributed by atoms with Crippen LogP contribution in [0.5, 0.6) is 0 Å². The fourth-order valence-corrected chi connectivity index (χ4v) is 6.07. The van der Waals surface area contributed by atoms with Crippen LogP contribution in [0.1, 0.15) is 44.2 Å². The Hall–Kier alpha value is -2.78. The molecule has 3 rings (SSSR count). The van der Waals surface area contributed by atoms with Crippen LogP contribution in [-0.2, 0) is 32.6 Å². The number of rotatable bonds is 14. The monoisotopic (exact) mass is 651 g/mol. The lowest BCUT2D eigenvalue weighted by atomic mass is 10.0. The predicted octanol–water partition coefficient (Wildman–Crippen LogP) is 6.75. The Morgan fingerprint density at radius 1 is 0.905 bits per heavy atom. The third kappa shape index (κ3) is 9.63. The average molecular weight is 653 g/mol. The van der Waals surface area contributed by atoms with Crippen molar-refractivity contribution in [3.05, 3.63) is 99.0 Å². The van der Waals surface area contributed by atoms with Crippen molar-refractivity contribution in [2.75, 3.05) is 17.1 Å². The van der Waals surface area contributed by atoms with Crippen molar-refractivity contribution in [1.29, 1.82) is 0 Å². The maximum absolute atomic E-state index is 13.9. The van der Waals surface area contributed by atoms with E-state index in [4.69, 9.17) is 34.8 Å². The summed E-state index contributed by atoms with van der Waals surface area (Å²) in [5, 5.41) is 4.27. The van der Waals surface area contributed by atoms with E-state index in [1.165, 1.54) is 9.21 Å². The summed E-state index contributed by atoms with van der Waals surface area (Å²) in [7, 11) is -3.63. The van der Waals surface area contributed by atoms with E-state index in [1.807, 2.05) is 44.2 Å². The van der Waals surface area contributed by atoms with Crippen molar-refractivity contribution in [2.45, 2.75) is 58.2 Å². The number of sulfonamides is 1. The number of nitrogens with zero attached hydrogens (tertiary/aromatic N) is 2. The Morgan fingerprint density at radius 2 is 1.52 bits per heavy atom. The van der Waals surface area contributed by atoms with Crippen molar-refractivity contribution >= 4 is 62.3 Å². The van der Waals surface area contributed by atoms with Crippen molar-refractivity contribution in [1.82, 2.24) is 10.2 Å². The molecule has 0 fully saturated rings. The summed E-state index contributed by atoms with van der Waals surface area (Å²) in [6.07, 6.45) is 2.32. The molecule has 0 heterocycles. The summed E-state index contributed by atoms with van der Waals surface area (Å²) in [4.78, 5) is 29.1. The summed E-state index contributed by atoms with van der Waals surface area (Å²) < 4.78 is 26.4. The molecule has 0 unspecified atom stereocenters. The van der Waals surface area contributed by atoms with Gasteiger partial charge in [-0.3, -0.25) is 13.9 Å². The van der Waals surface area contributed by atoms with Gasteiger partial charge in [0.1, 0.15) is 6.04 Å². The van der Waals surface area contributed by atoms with Crippen LogP contribution in [-0.4, -0.2) is 50.0 Å². The third-order valence-electron chi connectivity index (χ3n) is 6.93. The largest absolute Gasteiger partial charge is 0.352 e. The molecular formula is C31H36Cl3N3O4S. The summed E-state index contributed by atoms with van der Waals surface area (Å²) >= 11 is 19.0. The smallest absolute Gasteiger partial charge is 0.243 e. The minimum Gasteiger partial charge on any atom is -0.352 e. The lowest BCUT2D eigenvalue weighted by Gasteiger charge is -2.33. The van der Waals surface area contributed by atoms with Crippen LogP contribution in [0.3, 0.4) is 0 Å². The first kappa shape index (κ1) is 33.7. The van der Waals surface area contributed by atoms with E-state index in [9.17, 15) is 18.0 Å². The Morgan fingerprint density at radius 3 is 2.10 bits per heavy atom. The normalized spacial score (nSPS) is 12.8. The van der Waals surface area contributed by atoms with E-state index in [0.29, 0.717) is 26.3 Å². The SMILES string of the molecule is CC[C@H](C)NC(=O)[C@@H](Cc1ccccc1)N(Cc1c(Cl)cccc1Cl)C(=O)CCCN(c1ccc(Cl)cc1)S(C)(=O)=O. The molecule has 3 aromatic carbocycles. The number of carbonyl (C=O) groups is 2. The highest BCUT2D eigenvalue weighted by molar-refractivity contribution is 7.92. The van der Waals surface area contributed by atoms with Gasteiger partial charge in [-0.05, 0) is 61.7 Å². The number of halogens is 3. The van der Waals surface area contributed by atoms with Crippen LogP contribution in [0.4, 0.5) is 5.69 Å². The van der Waals surface area contributed by atoms with E-state index in [1.54, 1.807) is 42.5 Å². The zero-order chi connectivity index (χ0) is 30.9. The molecule has 0 aliphatic rings. The van der Waals surface area contributed by atoms with Crippen molar-refractivity contribution in [3.8, 4) is 0 Å². The van der Waals surface area contributed by atoms with Gasteiger partial charge >= 0.3 is 0 Å². The molecule has 0 spiro atoms. The predicted molar refractivity (Wildman–Crippen MR) is 172 cm³/mol. The molecule has 3 aromatic rings. The molecule has 0 aliphatic carbocycles. The Kier molecular flexibility index (Phi) is 12.5. The van der Waals surface area contributed by atoms with Gasteiger partial charge in [0.05, 0.1) is 11.9 Å². The molecule has 2 atom stereocenters. The molecular weight excluding hydrogens is 617 g/mol.